The molecule has 0 saturated heterocycles. The van der Waals surface area contributed by atoms with Crippen LogP contribution in [0.15, 0.2) is 241 Å². The second-order valence-corrected chi connectivity index (χ2v) is 17.4. The van der Waals surface area contributed by atoms with Gasteiger partial charge < -0.3 is 9.32 Å². The molecule has 2 heteroatoms. The van der Waals surface area contributed by atoms with E-state index in [-0.39, 0.29) is 0 Å². The summed E-state index contributed by atoms with van der Waals surface area (Å²) in [7, 11) is 0. The molecular weight excluding hydrogens is 775 g/mol. The third-order valence-electron chi connectivity index (χ3n) is 14.6. The molecule has 0 N–H and O–H groups in total. The standard InChI is InChI=1S/C62H39NO/c1-3-20-40(21-4-1)61(49-30-13-7-24-42(49)43-25-8-14-31-50(43)61)55-39-38-47-46-28-12-18-37-57(46)64-60(47)59(55)63(41-22-5-2-6-23-41)56-36-19-35-54-58(56)48-29-11-17-34-53(48)62(54)51-32-15-9-26-44(51)45-27-10-16-33-52(45)62/h1-39H. The first-order chi connectivity index (χ1) is 31.8. The fraction of sp³-hybridized carbons (Fsp3) is 0.0323. The summed E-state index contributed by atoms with van der Waals surface area (Å²) >= 11 is 0. The molecule has 2 nitrogen and oxygen atoms in total. The number of fused-ring (bicyclic) bond motifs is 16. The van der Waals surface area contributed by atoms with Crippen LogP contribution in [0.25, 0.3) is 55.3 Å². The number of furan rings is 1. The molecule has 3 aliphatic rings. The first-order valence-corrected chi connectivity index (χ1v) is 22.3. The van der Waals surface area contributed by atoms with E-state index in [1.807, 2.05) is 0 Å². The summed E-state index contributed by atoms with van der Waals surface area (Å²) in [5, 5.41) is 2.18. The van der Waals surface area contributed by atoms with Gasteiger partial charge in [-0.15, -0.1) is 0 Å². The van der Waals surface area contributed by atoms with Crippen LogP contribution in [0.2, 0.25) is 0 Å². The molecule has 0 bridgehead atoms. The lowest BCUT2D eigenvalue weighted by molar-refractivity contribution is 0.666. The van der Waals surface area contributed by atoms with Gasteiger partial charge in [0.25, 0.3) is 0 Å². The minimum atomic E-state index is -0.704. The number of anilines is 3. The van der Waals surface area contributed by atoms with E-state index in [4.69, 9.17) is 4.42 Å². The monoisotopic (exact) mass is 813 g/mol. The third kappa shape index (κ3) is 4.39. The highest BCUT2D eigenvalue weighted by Gasteiger charge is 2.53. The summed E-state index contributed by atoms with van der Waals surface area (Å²) in [4.78, 5) is 2.54. The van der Waals surface area contributed by atoms with Gasteiger partial charge >= 0.3 is 0 Å². The molecule has 1 aromatic heterocycles. The van der Waals surface area contributed by atoms with Crippen LogP contribution < -0.4 is 4.90 Å². The van der Waals surface area contributed by atoms with Gasteiger partial charge in [-0.05, 0) is 103 Å². The Hall–Kier alpha value is -8.20. The first kappa shape index (κ1) is 35.4. The van der Waals surface area contributed by atoms with Crippen LogP contribution in [-0.2, 0) is 10.8 Å². The van der Waals surface area contributed by atoms with Gasteiger partial charge in [-0.25, -0.2) is 0 Å². The highest BCUT2D eigenvalue weighted by atomic mass is 16.3. The molecule has 14 rings (SSSR count). The number of rotatable bonds is 5. The van der Waals surface area contributed by atoms with Gasteiger partial charge in [0.05, 0.1) is 22.2 Å². The molecule has 0 fully saturated rings. The van der Waals surface area contributed by atoms with E-state index < -0.39 is 10.8 Å². The van der Waals surface area contributed by atoms with Crippen molar-refractivity contribution in [2.75, 3.05) is 4.90 Å². The maximum atomic E-state index is 7.30. The largest absolute Gasteiger partial charge is 0.454 e. The second-order valence-electron chi connectivity index (χ2n) is 17.4. The molecule has 64 heavy (non-hydrogen) atoms. The van der Waals surface area contributed by atoms with Crippen molar-refractivity contribution in [2.24, 2.45) is 0 Å². The van der Waals surface area contributed by atoms with Crippen molar-refractivity contribution < 1.29 is 4.42 Å². The summed E-state index contributed by atoms with van der Waals surface area (Å²) in [6.45, 7) is 0. The molecule has 0 aliphatic heterocycles. The maximum absolute atomic E-state index is 7.30. The molecule has 0 saturated carbocycles. The zero-order valence-corrected chi connectivity index (χ0v) is 34.9. The van der Waals surface area contributed by atoms with E-state index in [0.29, 0.717) is 0 Å². The van der Waals surface area contributed by atoms with Crippen LogP contribution in [0, 0.1) is 0 Å². The van der Waals surface area contributed by atoms with Crippen LogP contribution in [0.3, 0.4) is 0 Å². The van der Waals surface area contributed by atoms with Crippen LogP contribution in [0.5, 0.6) is 0 Å². The average molecular weight is 814 g/mol. The Kier molecular flexibility index (Phi) is 7.28. The molecule has 0 radical (unpaired) electrons. The average Bonchev–Trinajstić information content (AvgIpc) is 4.08. The van der Waals surface area contributed by atoms with E-state index in [0.717, 1.165) is 44.6 Å². The molecule has 1 heterocycles. The molecule has 0 atom stereocenters. The van der Waals surface area contributed by atoms with E-state index in [2.05, 4.69) is 241 Å². The van der Waals surface area contributed by atoms with Crippen molar-refractivity contribution in [3.05, 3.63) is 281 Å². The van der Waals surface area contributed by atoms with Crippen LogP contribution in [0.4, 0.5) is 17.1 Å². The summed E-state index contributed by atoms with van der Waals surface area (Å²) in [6.07, 6.45) is 0. The predicted molar refractivity (Wildman–Crippen MR) is 262 cm³/mol. The van der Waals surface area contributed by atoms with E-state index >= 15 is 0 Å². The number of para-hydroxylation sites is 2. The summed E-state index contributed by atoms with van der Waals surface area (Å²) < 4.78 is 7.30. The van der Waals surface area contributed by atoms with Gasteiger partial charge in [-0.1, -0.05) is 206 Å². The van der Waals surface area contributed by atoms with Crippen molar-refractivity contribution in [2.45, 2.75) is 10.8 Å². The summed E-state index contributed by atoms with van der Waals surface area (Å²) in [5.74, 6) is 0. The molecule has 1 spiro atoms. The normalized spacial score (nSPS) is 14.2. The van der Waals surface area contributed by atoms with Gasteiger partial charge in [0.2, 0.25) is 0 Å². The minimum Gasteiger partial charge on any atom is -0.454 e. The second kappa shape index (κ2) is 13.2. The van der Waals surface area contributed by atoms with Crippen molar-refractivity contribution in [1.82, 2.24) is 0 Å². The van der Waals surface area contributed by atoms with E-state index in [1.54, 1.807) is 0 Å². The van der Waals surface area contributed by atoms with Gasteiger partial charge in [0, 0.05) is 22.0 Å². The fourth-order valence-electron chi connectivity index (χ4n) is 12.3. The Morgan fingerprint density at radius 1 is 0.312 bits per heavy atom. The summed E-state index contributed by atoms with van der Waals surface area (Å²) in [5.41, 5.74) is 21.4. The van der Waals surface area contributed by atoms with Crippen molar-refractivity contribution >= 4 is 39.0 Å². The Morgan fingerprint density at radius 3 is 1.39 bits per heavy atom. The van der Waals surface area contributed by atoms with E-state index in [9.17, 15) is 0 Å². The lowest BCUT2D eigenvalue weighted by Gasteiger charge is -2.38. The fourth-order valence-corrected chi connectivity index (χ4v) is 12.3. The van der Waals surface area contributed by atoms with Crippen LogP contribution >= 0.6 is 0 Å². The van der Waals surface area contributed by atoms with Gasteiger partial charge in [0.15, 0.2) is 5.58 Å². The van der Waals surface area contributed by atoms with Crippen LogP contribution in [0.1, 0.15) is 44.5 Å². The zero-order valence-electron chi connectivity index (χ0n) is 34.9. The summed E-state index contributed by atoms with van der Waals surface area (Å²) in [6, 6.07) is 87.6. The Balaban J connectivity index is 1.17. The number of benzene rings is 10. The Bertz CT molecular complexity index is 3600. The smallest absolute Gasteiger partial charge is 0.159 e. The third-order valence-corrected chi connectivity index (χ3v) is 14.6. The first-order valence-electron chi connectivity index (χ1n) is 22.3. The molecule has 0 unspecified atom stereocenters. The molecule has 0 amide bonds. The molecular formula is C62H39NO. The van der Waals surface area contributed by atoms with E-state index in [1.165, 1.54) is 72.3 Å². The van der Waals surface area contributed by atoms with Gasteiger partial charge in [-0.3, -0.25) is 0 Å². The highest BCUT2D eigenvalue weighted by Crippen LogP contribution is 2.66. The Morgan fingerprint density at radius 2 is 0.781 bits per heavy atom. The topological polar surface area (TPSA) is 16.4 Å². The molecule has 3 aliphatic carbocycles. The van der Waals surface area contributed by atoms with Crippen molar-refractivity contribution in [1.29, 1.82) is 0 Å². The SMILES string of the molecule is c1ccc(N(c2cccc3c2-c2ccccc2C32c3ccccc3-c3ccccc32)c2c(C3(c4ccccc4)c4ccccc4-c4ccccc43)ccc3c2oc2ccccc23)cc1. The van der Waals surface area contributed by atoms with Gasteiger partial charge in [-0.2, -0.15) is 0 Å². The minimum absolute atomic E-state index is 0.500. The Labute approximate surface area is 372 Å². The highest BCUT2D eigenvalue weighted by molar-refractivity contribution is 6.13. The number of nitrogens with zero attached hydrogens (tertiary/aromatic N) is 1. The number of hydrogen-bond donors (Lipinski definition) is 0. The van der Waals surface area contributed by atoms with Crippen molar-refractivity contribution in [3.63, 3.8) is 0 Å². The van der Waals surface area contributed by atoms with Crippen molar-refractivity contribution in [3.8, 4) is 33.4 Å². The quantitative estimate of drug-likeness (QED) is 0.172. The lowest BCUT2D eigenvalue weighted by atomic mass is 9.67. The zero-order chi connectivity index (χ0) is 42.0. The molecule has 10 aromatic carbocycles. The molecule has 11 aromatic rings. The van der Waals surface area contributed by atoms with Crippen LogP contribution in [-0.4, -0.2) is 0 Å². The predicted octanol–water partition coefficient (Wildman–Crippen LogP) is 15.8. The van der Waals surface area contributed by atoms with Gasteiger partial charge in [0.1, 0.15) is 5.58 Å². The number of hydrogen-bond acceptors (Lipinski definition) is 2. The maximum Gasteiger partial charge on any atom is 0.159 e. The lowest BCUT2D eigenvalue weighted by Crippen LogP contribution is -2.31. The molecule has 298 valence electrons.